The van der Waals surface area contributed by atoms with Gasteiger partial charge in [0.25, 0.3) is 0 Å². The van der Waals surface area contributed by atoms with E-state index in [1.807, 2.05) is 0 Å². The highest BCUT2D eigenvalue weighted by Crippen LogP contribution is 2.35. The van der Waals surface area contributed by atoms with Crippen molar-refractivity contribution in [1.29, 1.82) is 0 Å². The number of carbonyl (C=O) groups is 1. The summed E-state index contributed by atoms with van der Waals surface area (Å²) in [5.74, 6) is -0.668. The molecule has 0 unspecified atom stereocenters. The molecule has 0 rings (SSSR count). The lowest BCUT2D eigenvalue weighted by atomic mass is 10.0. The number of aliphatic carboxylic acids is 1. The molecule has 0 aliphatic carbocycles. The maximum atomic E-state index is 10.5. The molecule has 0 radical (unpaired) electrons. The third kappa shape index (κ3) is 29.6. The van der Waals surface area contributed by atoms with Gasteiger partial charge in [-0.2, -0.15) is 0 Å². The van der Waals surface area contributed by atoms with Gasteiger partial charge < -0.3 is 14.9 Å². The summed E-state index contributed by atoms with van der Waals surface area (Å²) in [7, 11) is -4.28. The first-order valence-corrected chi connectivity index (χ1v) is 14.9. The molecule has 0 aromatic carbocycles. The van der Waals surface area contributed by atoms with Crippen molar-refractivity contribution in [1.82, 2.24) is 0 Å². The van der Waals surface area contributed by atoms with Crippen LogP contribution in [0.3, 0.4) is 0 Å². The van der Waals surface area contributed by atoms with Crippen LogP contribution >= 0.6 is 7.82 Å². The van der Waals surface area contributed by atoms with Gasteiger partial charge in [-0.15, -0.1) is 0 Å². The lowest BCUT2D eigenvalue weighted by molar-refractivity contribution is -0.137. The Labute approximate surface area is 197 Å². The molecule has 0 heterocycles. The number of phosphoric acid groups is 1. The molecule has 0 atom stereocenters. The summed E-state index contributed by atoms with van der Waals surface area (Å²) in [5, 5.41) is 8.59. The number of hydrogen-bond acceptors (Lipinski definition) is 3. The fourth-order valence-electron chi connectivity index (χ4n) is 4.10. The molecular weight excluding hydrogens is 427 g/mol. The van der Waals surface area contributed by atoms with Crippen LogP contribution in [-0.2, 0) is 13.9 Å². The van der Waals surface area contributed by atoms with E-state index in [1.54, 1.807) is 0 Å². The van der Waals surface area contributed by atoms with E-state index < -0.39 is 13.8 Å². The summed E-state index contributed by atoms with van der Waals surface area (Å²) in [6.45, 7) is 0.156. The zero-order valence-corrected chi connectivity index (χ0v) is 21.4. The van der Waals surface area contributed by atoms with Crippen LogP contribution in [0.15, 0.2) is 0 Å². The Bertz CT molecular complexity index is 452. The summed E-state index contributed by atoms with van der Waals surface area (Å²) >= 11 is 0. The number of carboxylic acid groups (broad SMARTS) is 1. The van der Waals surface area contributed by atoms with Gasteiger partial charge in [0.2, 0.25) is 0 Å². The smallest absolute Gasteiger partial charge is 0.469 e. The molecule has 0 aliphatic rings. The molecule has 192 valence electrons. The van der Waals surface area contributed by atoms with Crippen molar-refractivity contribution < 1.29 is 28.8 Å². The summed E-state index contributed by atoms with van der Waals surface area (Å²) in [4.78, 5) is 27.6. The van der Waals surface area contributed by atoms with E-state index in [-0.39, 0.29) is 6.61 Å². The monoisotopic (exact) mass is 478 g/mol. The predicted molar refractivity (Wildman–Crippen MR) is 132 cm³/mol. The van der Waals surface area contributed by atoms with Gasteiger partial charge in [-0.25, -0.2) is 4.57 Å². The zero-order valence-electron chi connectivity index (χ0n) is 20.5. The number of rotatable bonds is 26. The molecule has 7 heteroatoms. The molecule has 32 heavy (non-hydrogen) atoms. The topological polar surface area (TPSA) is 104 Å². The van der Waals surface area contributed by atoms with Gasteiger partial charge in [0.1, 0.15) is 0 Å². The van der Waals surface area contributed by atoms with Crippen LogP contribution in [-0.4, -0.2) is 27.5 Å². The average Bonchev–Trinajstić information content (AvgIpc) is 2.72. The molecule has 0 spiro atoms. The van der Waals surface area contributed by atoms with Crippen molar-refractivity contribution in [3.63, 3.8) is 0 Å². The SMILES string of the molecule is O=C(O)CCCCCCCCCCCCCCCCCCCCCCCCOP(=O)(O)O. The lowest BCUT2D eigenvalue weighted by Gasteiger charge is -2.05. The van der Waals surface area contributed by atoms with E-state index in [4.69, 9.17) is 14.9 Å². The van der Waals surface area contributed by atoms with Crippen molar-refractivity contribution in [3.05, 3.63) is 0 Å². The van der Waals surface area contributed by atoms with Gasteiger partial charge >= 0.3 is 13.8 Å². The molecule has 0 aliphatic heterocycles. The van der Waals surface area contributed by atoms with E-state index in [0.717, 1.165) is 32.1 Å². The maximum Gasteiger partial charge on any atom is 0.469 e. The van der Waals surface area contributed by atoms with Crippen LogP contribution in [0.25, 0.3) is 0 Å². The molecule has 3 N–H and O–H groups in total. The second kappa shape index (κ2) is 23.7. The maximum absolute atomic E-state index is 10.5. The van der Waals surface area contributed by atoms with Crippen LogP contribution in [0, 0.1) is 0 Å². The fourth-order valence-corrected chi connectivity index (χ4v) is 4.46. The summed E-state index contributed by atoms with van der Waals surface area (Å²) in [5.41, 5.74) is 0. The lowest BCUT2D eigenvalue weighted by Crippen LogP contribution is -1.93. The van der Waals surface area contributed by atoms with Crippen LogP contribution in [0.4, 0.5) is 0 Å². The number of unbranched alkanes of at least 4 members (excludes halogenated alkanes) is 21. The molecule has 0 aromatic rings. The highest BCUT2D eigenvalue weighted by atomic mass is 31.2. The first-order valence-electron chi connectivity index (χ1n) is 13.3. The second-order valence-corrected chi connectivity index (χ2v) is 10.5. The zero-order chi connectivity index (χ0) is 23.8. The van der Waals surface area contributed by atoms with E-state index in [0.29, 0.717) is 6.42 Å². The van der Waals surface area contributed by atoms with E-state index in [2.05, 4.69) is 4.52 Å². The summed E-state index contributed by atoms with van der Waals surface area (Å²) in [6, 6.07) is 0. The molecule has 0 saturated heterocycles. The highest BCUT2D eigenvalue weighted by Gasteiger charge is 2.12. The van der Waals surface area contributed by atoms with Gasteiger partial charge in [0.15, 0.2) is 0 Å². The first kappa shape index (κ1) is 31.6. The third-order valence-corrected chi connectivity index (χ3v) is 6.56. The van der Waals surface area contributed by atoms with Crippen LogP contribution in [0.2, 0.25) is 0 Å². The molecule has 6 nitrogen and oxygen atoms in total. The number of phosphoric ester groups is 1. The van der Waals surface area contributed by atoms with Crippen LogP contribution in [0.5, 0.6) is 0 Å². The Balaban J connectivity index is 3.05. The van der Waals surface area contributed by atoms with Crippen molar-refractivity contribution in [2.75, 3.05) is 6.61 Å². The van der Waals surface area contributed by atoms with Gasteiger partial charge in [-0.1, -0.05) is 128 Å². The van der Waals surface area contributed by atoms with Gasteiger partial charge in [0.05, 0.1) is 6.61 Å². The Morgan fingerprint density at radius 1 is 0.500 bits per heavy atom. The average molecular weight is 479 g/mol. The number of hydrogen-bond donors (Lipinski definition) is 3. The largest absolute Gasteiger partial charge is 0.481 e. The molecular formula is C25H51O6P. The Morgan fingerprint density at radius 3 is 1.00 bits per heavy atom. The van der Waals surface area contributed by atoms with Crippen molar-refractivity contribution >= 4 is 13.8 Å². The predicted octanol–water partition coefficient (Wildman–Crippen LogP) is 8.15. The third-order valence-electron chi connectivity index (χ3n) is 6.04. The number of carboxylic acids is 1. The van der Waals surface area contributed by atoms with E-state index in [1.165, 1.54) is 109 Å². The van der Waals surface area contributed by atoms with E-state index in [9.17, 15) is 9.36 Å². The minimum Gasteiger partial charge on any atom is -0.481 e. The Kier molecular flexibility index (Phi) is 23.4. The van der Waals surface area contributed by atoms with Crippen molar-refractivity contribution in [3.8, 4) is 0 Å². The first-order chi connectivity index (χ1) is 15.4. The Hall–Kier alpha value is -0.420. The standard InChI is InChI=1S/C25H51O6P/c26-25(27)23-21-19-17-15-13-11-9-7-5-3-1-2-4-6-8-10-12-14-16-18-20-22-24-31-32(28,29)30/h1-24H2,(H,26,27)(H2,28,29,30). The molecule has 0 bridgehead atoms. The normalized spacial score (nSPS) is 11.8. The summed E-state index contributed by atoms with van der Waals surface area (Å²) in [6.07, 6.45) is 27.6. The van der Waals surface area contributed by atoms with Gasteiger partial charge in [-0.3, -0.25) is 9.32 Å². The second-order valence-electron chi connectivity index (χ2n) is 9.25. The minimum atomic E-state index is -4.28. The Morgan fingerprint density at radius 2 is 0.750 bits per heavy atom. The quantitative estimate of drug-likeness (QED) is 0.0855. The van der Waals surface area contributed by atoms with Crippen LogP contribution in [0.1, 0.15) is 148 Å². The van der Waals surface area contributed by atoms with Gasteiger partial charge in [0, 0.05) is 6.42 Å². The van der Waals surface area contributed by atoms with Gasteiger partial charge in [-0.05, 0) is 12.8 Å². The molecule has 0 amide bonds. The molecule has 0 fully saturated rings. The van der Waals surface area contributed by atoms with Crippen LogP contribution < -0.4 is 0 Å². The highest BCUT2D eigenvalue weighted by molar-refractivity contribution is 7.46. The fraction of sp³-hybridized carbons (Fsp3) is 0.960. The van der Waals surface area contributed by atoms with E-state index >= 15 is 0 Å². The van der Waals surface area contributed by atoms with Crippen molar-refractivity contribution in [2.45, 2.75) is 148 Å². The summed E-state index contributed by atoms with van der Waals surface area (Å²) < 4.78 is 15.0. The minimum absolute atomic E-state index is 0.156. The van der Waals surface area contributed by atoms with Crippen molar-refractivity contribution in [2.24, 2.45) is 0 Å². The molecule has 0 saturated carbocycles. The molecule has 0 aromatic heterocycles.